The first-order valence-electron chi connectivity index (χ1n) is 7.50. The molecular formula is C14H18F2N4O3. The number of rotatable bonds is 4. The van der Waals surface area contributed by atoms with Gasteiger partial charge in [-0.3, -0.25) is 9.48 Å². The third-order valence-electron chi connectivity index (χ3n) is 4.79. The summed E-state index contributed by atoms with van der Waals surface area (Å²) < 4.78 is 25.6. The largest absolute Gasteiger partial charge is 0.481 e. The van der Waals surface area contributed by atoms with Gasteiger partial charge < -0.3 is 15.3 Å². The second kappa shape index (κ2) is 5.78. The molecule has 2 aliphatic rings. The summed E-state index contributed by atoms with van der Waals surface area (Å²) in [5.41, 5.74) is -0.519. The number of anilines is 1. The van der Waals surface area contributed by atoms with Crippen LogP contribution in [0.2, 0.25) is 0 Å². The Bertz CT molecular complexity index is 621. The molecule has 2 fully saturated rings. The molecule has 23 heavy (non-hydrogen) atoms. The van der Waals surface area contributed by atoms with Crippen LogP contribution in [0.25, 0.3) is 0 Å². The maximum absolute atomic E-state index is 12.3. The molecule has 0 aromatic carbocycles. The molecular weight excluding hydrogens is 310 g/mol. The van der Waals surface area contributed by atoms with E-state index in [-0.39, 0.29) is 12.5 Å². The molecule has 0 bridgehead atoms. The molecule has 1 aliphatic carbocycles. The Morgan fingerprint density at radius 1 is 1.52 bits per heavy atom. The summed E-state index contributed by atoms with van der Waals surface area (Å²) in [5.74, 6) is -0.868. The van der Waals surface area contributed by atoms with Gasteiger partial charge in [-0.15, -0.1) is 0 Å². The zero-order valence-electron chi connectivity index (χ0n) is 12.4. The van der Waals surface area contributed by atoms with Gasteiger partial charge in [0.25, 0.3) is 6.43 Å². The third kappa shape index (κ3) is 2.87. The molecule has 3 rings (SSSR count). The van der Waals surface area contributed by atoms with Crippen LogP contribution in [0.1, 0.15) is 19.3 Å². The van der Waals surface area contributed by atoms with Crippen LogP contribution in [0, 0.1) is 11.3 Å². The minimum atomic E-state index is -2.52. The van der Waals surface area contributed by atoms with Gasteiger partial charge in [0.15, 0.2) is 0 Å². The summed E-state index contributed by atoms with van der Waals surface area (Å²) in [7, 11) is 0. The number of likely N-dealkylation sites (tertiary alicyclic amines) is 1. The maximum atomic E-state index is 12.3. The number of urea groups is 1. The molecule has 9 heteroatoms. The van der Waals surface area contributed by atoms with Gasteiger partial charge in [-0.1, -0.05) is 6.42 Å². The molecule has 7 nitrogen and oxygen atoms in total. The summed E-state index contributed by atoms with van der Waals surface area (Å²) in [4.78, 5) is 25.4. The second-order valence-electron chi connectivity index (χ2n) is 6.20. The number of alkyl halides is 2. The minimum Gasteiger partial charge on any atom is -0.481 e. The van der Waals surface area contributed by atoms with Gasteiger partial charge in [-0.05, 0) is 18.8 Å². The van der Waals surface area contributed by atoms with Gasteiger partial charge >= 0.3 is 12.0 Å². The van der Waals surface area contributed by atoms with Crippen LogP contribution >= 0.6 is 0 Å². The minimum absolute atomic E-state index is 0.0210. The lowest BCUT2D eigenvalue weighted by molar-refractivity contribution is -0.149. The van der Waals surface area contributed by atoms with Crippen LogP contribution < -0.4 is 5.32 Å². The molecule has 1 saturated heterocycles. The highest BCUT2D eigenvalue weighted by atomic mass is 19.3. The average Bonchev–Trinajstić information content (AvgIpc) is 3.11. The number of nitrogens with zero attached hydrogens (tertiary/aromatic N) is 3. The van der Waals surface area contributed by atoms with E-state index in [4.69, 9.17) is 0 Å². The van der Waals surface area contributed by atoms with Crippen LogP contribution in [0.3, 0.4) is 0 Å². The number of hydrogen-bond donors (Lipinski definition) is 2. The molecule has 2 N–H and O–H groups in total. The normalized spacial score (nSPS) is 26.6. The van der Waals surface area contributed by atoms with Crippen molar-refractivity contribution in [2.24, 2.45) is 11.3 Å². The lowest BCUT2D eigenvalue weighted by atomic mass is 9.81. The summed E-state index contributed by atoms with van der Waals surface area (Å²) in [6.07, 6.45) is 2.36. The average molecular weight is 328 g/mol. The van der Waals surface area contributed by atoms with E-state index in [1.54, 1.807) is 0 Å². The monoisotopic (exact) mass is 328 g/mol. The Labute approximate surface area is 131 Å². The van der Waals surface area contributed by atoms with E-state index in [0.717, 1.165) is 17.5 Å². The van der Waals surface area contributed by atoms with E-state index in [1.807, 2.05) is 0 Å². The van der Waals surface area contributed by atoms with Gasteiger partial charge in [-0.25, -0.2) is 13.6 Å². The molecule has 1 aliphatic heterocycles. The van der Waals surface area contributed by atoms with Crippen LogP contribution in [0.4, 0.5) is 19.3 Å². The lowest BCUT2D eigenvalue weighted by Crippen LogP contribution is -2.38. The molecule has 2 atom stereocenters. The summed E-state index contributed by atoms with van der Waals surface area (Å²) in [6, 6.07) is -0.420. The van der Waals surface area contributed by atoms with E-state index >= 15 is 0 Å². The van der Waals surface area contributed by atoms with Crippen molar-refractivity contribution in [3.63, 3.8) is 0 Å². The van der Waals surface area contributed by atoms with Crippen molar-refractivity contribution < 1.29 is 23.5 Å². The molecule has 0 radical (unpaired) electrons. The highest BCUT2D eigenvalue weighted by Gasteiger charge is 2.55. The molecule has 1 aromatic heterocycles. The fourth-order valence-electron chi connectivity index (χ4n) is 3.67. The van der Waals surface area contributed by atoms with Gasteiger partial charge in [0.1, 0.15) is 6.54 Å². The zero-order valence-corrected chi connectivity index (χ0v) is 12.4. The molecule has 126 valence electrons. The Kier molecular flexibility index (Phi) is 3.95. The molecule has 1 aromatic rings. The van der Waals surface area contributed by atoms with Gasteiger partial charge in [-0.2, -0.15) is 5.10 Å². The summed E-state index contributed by atoms with van der Waals surface area (Å²) >= 11 is 0. The van der Waals surface area contributed by atoms with E-state index < -0.39 is 30.4 Å². The Hall–Kier alpha value is -2.19. The van der Waals surface area contributed by atoms with E-state index in [0.29, 0.717) is 18.7 Å². The number of aromatic nitrogens is 2. The fraction of sp³-hybridized carbons (Fsp3) is 0.643. The Morgan fingerprint density at radius 3 is 2.96 bits per heavy atom. The predicted molar refractivity (Wildman–Crippen MR) is 76.2 cm³/mol. The van der Waals surface area contributed by atoms with Crippen molar-refractivity contribution in [3.8, 4) is 0 Å². The highest BCUT2D eigenvalue weighted by molar-refractivity contribution is 5.90. The number of nitrogens with one attached hydrogen (secondary N) is 1. The molecule has 0 spiro atoms. The fourth-order valence-corrected chi connectivity index (χ4v) is 3.67. The number of carbonyl (C=O) groups excluding carboxylic acids is 1. The van der Waals surface area contributed by atoms with Crippen LogP contribution in [-0.4, -0.2) is 51.3 Å². The summed E-state index contributed by atoms with van der Waals surface area (Å²) in [5, 5.41) is 15.8. The number of halogens is 2. The van der Waals surface area contributed by atoms with Crippen LogP contribution in [-0.2, 0) is 11.3 Å². The Morgan fingerprint density at radius 2 is 2.30 bits per heavy atom. The van der Waals surface area contributed by atoms with Crippen molar-refractivity contribution >= 4 is 17.7 Å². The zero-order chi connectivity index (χ0) is 16.6. The number of carbonyl (C=O) groups is 2. The molecule has 2 heterocycles. The van der Waals surface area contributed by atoms with Gasteiger partial charge in [0.2, 0.25) is 0 Å². The number of amides is 2. The number of hydrogen-bond acceptors (Lipinski definition) is 3. The first kappa shape index (κ1) is 15.7. The number of carboxylic acids is 1. The van der Waals surface area contributed by atoms with Crippen molar-refractivity contribution in [3.05, 3.63) is 12.4 Å². The van der Waals surface area contributed by atoms with E-state index in [9.17, 15) is 23.5 Å². The highest BCUT2D eigenvalue weighted by Crippen LogP contribution is 2.48. The predicted octanol–water partition coefficient (Wildman–Crippen LogP) is 1.87. The standard InChI is InChI=1S/C14H18F2N4O3/c15-11(16)7-20-6-10(4-17-20)18-13(23)19-5-9-2-1-3-14(9,8-19)12(21)22/h4,6,9,11H,1-3,5,7-8H2,(H,18,23)(H,21,22)/t9-,14+/m0/s1. The molecule has 0 unspecified atom stereocenters. The van der Waals surface area contributed by atoms with E-state index in [1.165, 1.54) is 17.3 Å². The quantitative estimate of drug-likeness (QED) is 0.883. The van der Waals surface area contributed by atoms with Crippen molar-refractivity contribution in [1.82, 2.24) is 14.7 Å². The topological polar surface area (TPSA) is 87.5 Å². The first-order chi connectivity index (χ1) is 10.9. The Balaban J connectivity index is 1.63. The van der Waals surface area contributed by atoms with Crippen molar-refractivity contribution in [2.45, 2.75) is 32.2 Å². The number of carboxylic acid groups (broad SMARTS) is 1. The van der Waals surface area contributed by atoms with Crippen LogP contribution in [0.5, 0.6) is 0 Å². The maximum Gasteiger partial charge on any atom is 0.321 e. The second-order valence-corrected chi connectivity index (χ2v) is 6.20. The SMILES string of the molecule is O=C(Nc1cnn(CC(F)F)c1)N1C[C@@H]2CCC[C@@]2(C(=O)O)C1. The third-order valence-corrected chi connectivity index (χ3v) is 4.79. The van der Waals surface area contributed by atoms with Crippen molar-refractivity contribution in [2.75, 3.05) is 18.4 Å². The lowest BCUT2D eigenvalue weighted by Gasteiger charge is -2.23. The number of fused-ring (bicyclic) bond motifs is 1. The molecule has 1 saturated carbocycles. The van der Waals surface area contributed by atoms with Crippen molar-refractivity contribution in [1.29, 1.82) is 0 Å². The first-order valence-corrected chi connectivity index (χ1v) is 7.50. The van der Waals surface area contributed by atoms with Gasteiger partial charge in [0.05, 0.1) is 17.3 Å². The number of aliphatic carboxylic acids is 1. The van der Waals surface area contributed by atoms with E-state index in [2.05, 4.69) is 10.4 Å². The summed E-state index contributed by atoms with van der Waals surface area (Å²) in [6.45, 7) is 0.0527. The van der Waals surface area contributed by atoms with Gasteiger partial charge in [0, 0.05) is 19.3 Å². The molecule has 2 amide bonds. The smallest absolute Gasteiger partial charge is 0.321 e. The van der Waals surface area contributed by atoms with Crippen LogP contribution in [0.15, 0.2) is 12.4 Å².